The summed E-state index contributed by atoms with van der Waals surface area (Å²) in [5.74, 6) is 0.764. The molecule has 2 aliphatic rings. The number of hydrogen-bond donors (Lipinski definition) is 2. The van der Waals surface area contributed by atoms with Crippen molar-refractivity contribution >= 4 is 5.91 Å². The fraction of sp³-hybridized carbons (Fsp3) is 0.571. The van der Waals surface area contributed by atoms with Gasteiger partial charge in [-0.2, -0.15) is 0 Å². The largest absolute Gasteiger partial charge is 0.291 e. The van der Waals surface area contributed by atoms with Crippen LogP contribution in [-0.4, -0.2) is 12.5 Å². The molecule has 10 heavy (non-hydrogen) atoms. The molecule has 0 aromatic carbocycles. The molecule has 2 atom stereocenters. The maximum Gasteiger partial charge on any atom is 0.241 e. The van der Waals surface area contributed by atoms with E-state index in [0.717, 1.165) is 13.0 Å². The van der Waals surface area contributed by atoms with E-state index < -0.39 is 0 Å². The van der Waals surface area contributed by atoms with Gasteiger partial charge in [-0.05, 0) is 12.3 Å². The van der Waals surface area contributed by atoms with Gasteiger partial charge in [-0.1, -0.05) is 12.2 Å². The van der Waals surface area contributed by atoms with Crippen molar-refractivity contribution in [3.8, 4) is 0 Å². The van der Waals surface area contributed by atoms with E-state index in [4.69, 9.17) is 0 Å². The van der Waals surface area contributed by atoms with E-state index in [-0.39, 0.29) is 11.8 Å². The lowest BCUT2D eigenvalue weighted by molar-refractivity contribution is -0.127. The Kier molecular flexibility index (Phi) is 1.24. The SMILES string of the molecule is O=C1NNCC2CC=CC12. The molecule has 1 amide bonds. The van der Waals surface area contributed by atoms with Gasteiger partial charge in [0.1, 0.15) is 0 Å². The van der Waals surface area contributed by atoms with Crippen LogP contribution in [0.4, 0.5) is 0 Å². The van der Waals surface area contributed by atoms with Crippen LogP contribution in [0.5, 0.6) is 0 Å². The standard InChI is InChI=1S/C7H10N2O/c10-7-6-3-1-2-5(6)4-8-9-7/h1,3,5-6,8H,2,4H2,(H,9,10). The summed E-state index contributed by atoms with van der Waals surface area (Å²) in [6, 6.07) is 0. The molecule has 0 radical (unpaired) electrons. The first-order valence-electron chi connectivity index (χ1n) is 3.57. The highest BCUT2D eigenvalue weighted by Crippen LogP contribution is 2.25. The van der Waals surface area contributed by atoms with Crippen molar-refractivity contribution in [2.75, 3.05) is 6.54 Å². The molecule has 3 heteroatoms. The van der Waals surface area contributed by atoms with Crippen LogP contribution < -0.4 is 10.9 Å². The maximum atomic E-state index is 11.1. The number of amides is 1. The second-order valence-electron chi connectivity index (χ2n) is 2.82. The maximum absolute atomic E-state index is 11.1. The highest BCUT2D eigenvalue weighted by molar-refractivity contribution is 5.81. The Morgan fingerprint density at radius 2 is 2.50 bits per heavy atom. The first-order valence-corrected chi connectivity index (χ1v) is 3.57. The Balaban J connectivity index is 2.16. The lowest BCUT2D eigenvalue weighted by Gasteiger charge is -2.25. The summed E-state index contributed by atoms with van der Waals surface area (Å²) in [6.45, 7) is 0.906. The lowest BCUT2D eigenvalue weighted by atomic mass is 9.94. The molecule has 1 aliphatic heterocycles. The van der Waals surface area contributed by atoms with E-state index in [1.807, 2.05) is 6.08 Å². The molecule has 1 saturated heterocycles. The number of rotatable bonds is 0. The van der Waals surface area contributed by atoms with Gasteiger partial charge in [0.15, 0.2) is 0 Å². The molecule has 1 heterocycles. The van der Waals surface area contributed by atoms with Crippen molar-refractivity contribution in [3.63, 3.8) is 0 Å². The van der Waals surface area contributed by atoms with E-state index in [0.29, 0.717) is 5.92 Å². The smallest absolute Gasteiger partial charge is 0.241 e. The first-order chi connectivity index (χ1) is 4.88. The third-order valence-electron chi connectivity index (χ3n) is 2.17. The summed E-state index contributed by atoms with van der Waals surface area (Å²) in [7, 11) is 0. The zero-order valence-corrected chi connectivity index (χ0v) is 5.63. The quantitative estimate of drug-likeness (QED) is 0.456. The molecule has 0 aromatic heterocycles. The molecule has 2 unspecified atom stereocenters. The Bertz CT molecular complexity index is 188. The normalized spacial score (nSPS) is 37.4. The van der Waals surface area contributed by atoms with Crippen LogP contribution in [0.2, 0.25) is 0 Å². The number of carbonyl (C=O) groups excluding carboxylic acids is 1. The molecule has 0 saturated carbocycles. The lowest BCUT2D eigenvalue weighted by Crippen LogP contribution is -2.50. The van der Waals surface area contributed by atoms with Crippen LogP contribution >= 0.6 is 0 Å². The predicted octanol–water partition coefficient (Wildman–Crippen LogP) is -0.187. The minimum Gasteiger partial charge on any atom is -0.291 e. The highest BCUT2D eigenvalue weighted by atomic mass is 16.2. The van der Waals surface area contributed by atoms with E-state index >= 15 is 0 Å². The summed E-state index contributed by atoms with van der Waals surface area (Å²) < 4.78 is 0. The molecular formula is C7H10N2O. The van der Waals surface area contributed by atoms with Crippen molar-refractivity contribution in [2.45, 2.75) is 6.42 Å². The number of nitrogens with one attached hydrogen (secondary N) is 2. The van der Waals surface area contributed by atoms with E-state index in [1.54, 1.807) is 0 Å². The number of fused-ring (bicyclic) bond motifs is 1. The molecule has 0 spiro atoms. The molecule has 0 bridgehead atoms. The Hall–Kier alpha value is -0.830. The third kappa shape index (κ3) is 0.743. The Labute approximate surface area is 59.5 Å². The van der Waals surface area contributed by atoms with E-state index in [9.17, 15) is 4.79 Å². The zero-order valence-electron chi connectivity index (χ0n) is 5.63. The molecule has 0 aromatic rings. The number of hydrogen-bond acceptors (Lipinski definition) is 2. The fourth-order valence-corrected chi connectivity index (χ4v) is 1.57. The van der Waals surface area contributed by atoms with Gasteiger partial charge < -0.3 is 0 Å². The Morgan fingerprint density at radius 3 is 3.30 bits per heavy atom. The van der Waals surface area contributed by atoms with E-state index in [1.165, 1.54) is 0 Å². The number of carbonyl (C=O) groups is 1. The van der Waals surface area contributed by atoms with Gasteiger partial charge in [-0.25, -0.2) is 5.43 Å². The van der Waals surface area contributed by atoms with Crippen LogP contribution in [0.1, 0.15) is 6.42 Å². The fourth-order valence-electron chi connectivity index (χ4n) is 1.57. The topological polar surface area (TPSA) is 41.1 Å². The van der Waals surface area contributed by atoms with Gasteiger partial charge in [0.25, 0.3) is 0 Å². The molecule has 54 valence electrons. The highest BCUT2D eigenvalue weighted by Gasteiger charge is 2.31. The van der Waals surface area contributed by atoms with Gasteiger partial charge in [0.2, 0.25) is 5.91 Å². The van der Waals surface area contributed by atoms with Crippen molar-refractivity contribution in [1.29, 1.82) is 0 Å². The summed E-state index contributed by atoms with van der Waals surface area (Å²) in [5, 5.41) is 0. The summed E-state index contributed by atoms with van der Waals surface area (Å²) in [4.78, 5) is 11.1. The first kappa shape index (κ1) is 5.92. The van der Waals surface area contributed by atoms with E-state index in [2.05, 4.69) is 16.9 Å². The van der Waals surface area contributed by atoms with Crippen molar-refractivity contribution in [1.82, 2.24) is 10.9 Å². The monoisotopic (exact) mass is 138 g/mol. The average molecular weight is 138 g/mol. The van der Waals surface area contributed by atoms with Crippen LogP contribution in [-0.2, 0) is 4.79 Å². The van der Waals surface area contributed by atoms with Gasteiger partial charge >= 0.3 is 0 Å². The molecule has 2 N–H and O–H groups in total. The summed E-state index contributed by atoms with van der Waals surface area (Å²) in [6.07, 6.45) is 5.13. The second-order valence-corrected chi connectivity index (χ2v) is 2.82. The van der Waals surface area contributed by atoms with Gasteiger partial charge in [-0.15, -0.1) is 0 Å². The third-order valence-corrected chi connectivity index (χ3v) is 2.17. The zero-order chi connectivity index (χ0) is 6.97. The van der Waals surface area contributed by atoms with Gasteiger partial charge in [0, 0.05) is 6.54 Å². The molecule has 2 rings (SSSR count). The van der Waals surface area contributed by atoms with Gasteiger partial charge in [0.05, 0.1) is 5.92 Å². The van der Waals surface area contributed by atoms with Crippen molar-refractivity contribution < 1.29 is 4.79 Å². The number of hydrazine groups is 1. The van der Waals surface area contributed by atoms with Crippen LogP contribution in [0.3, 0.4) is 0 Å². The molecular weight excluding hydrogens is 128 g/mol. The van der Waals surface area contributed by atoms with Gasteiger partial charge in [-0.3, -0.25) is 10.2 Å². The summed E-state index contributed by atoms with van der Waals surface area (Å²) in [5.41, 5.74) is 5.48. The van der Waals surface area contributed by atoms with Crippen molar-refractivity contribution in [2.24, 2.45) is 11.8 Å². The molecule has 1 fully saturated rings. The molecule has 3 nitrogen and oxygen atoms in total. The van der Waals surface area contributed by atoms with Crippen LogP contribution in [0.25, 0.3) is 0 Å². The second kappa shape index (κ2) is 2.09. The predicted molar refractivity (Wildman–Crippen MR) is 36.9 cm³/mol. The van der Waals surface area contributed by atoms with Crippen molar-refractivity contribution in [3.05, 3.63) is 12.2 Å². The summed E-state index contributed by atoms with van der Waals surface area (Å²) >= 11 is 0. The number of allylic oxidation sites excluding steroid dienone is 1. The minimum atomic E-state index is 0.116. The minimum absolute atomic E-state index is 0.116. The average Bonchev–Trinajstić information content (AvgIpc) is 2.36. The Morgan fingerprint density at radius 1 is 1.60 bits per heavy atom. The molecule has 1 aliphatic carbocycles. The van der Waals surface area contributed by atoms with Crippen LogP contribution in [0, 0.1) is 11.8 Å². The van der Waals surface area contributed by atoms with Crippen LogP contribution in [0.15, 0.2) is 12.2 Å².